The third-order valence-electron chi connectivity index (χ3n) is 4.21. The zero-order chi connectivity index (χ0) is 13.1. The Morgan fingerprint density at radius 1 is 1.53 bits per heavy atom. The van der Waals surface area contributed by atoms with Gasteiger partial charge in [0.25, 0.3) is 0 Å². The smallest absolute Gasteiger partial charge is 0.107 e. The number of nitrogens with zero attached hydrogens (tertiary/aromatic N) is 3. The summed E-state index contributed by atoms with van der Waals surface area (Å²) in [5, 5.41) is 0. The van der Waals surface area contributed by atoms with Gasteiger partial charge in [-0.25, -0.2) is 0 Å². The zero-order valence-corrected chi connectivity index (χ0v) is 11.4. The molecule has 1 aromatic heterocycles. The van der Waals surface area contributed by atoms with E-state index in [1.165, 1.54) is 0 Å². The van der Waals surface area contributed by atoms with Gasteiger partial charge < -0.3 is 9.47 Å². The third kappa shape index (κ3) is 2.63. The summed E-state index contributed by atoms with van der Waals surface area (Å²) < 4.78 is 11.7. The largest absolute Gasteiger partial charge is 0.378 e. The minimum absolute atomic E-state index is 0.102. The van der Waals surface area contributed by atoms with Crippen LogP contribution in [0.3, 0.4) is 0 Å². The zero-order valence-electron chi connectivity index (χ0n) is 11.4. The second kappa shape index (κ2) is 5.53. The lowest BCUT2D eigenvalue weighted by Crippen LogP contribution is -2.56. The van der Waals surface area contributed by atoms with Crippen molar-refractivity contribution in [1.82, 2.24) is 14.9 Å². The maximum atomic E-state index is 6.05. The molecular weight excluding hydrogens is 242 g/mol. The molecule has 1 spiro atoms. The first-order chi connectivity index (χ1) is 9.32. The van der Waals surface area contributed by atoms with Crippen LogP contribution in [0.2, 0.25) is 0 Å². The highest BCUT2D eigenvalue weighted by atomic mass is 16.5. The van der Waals surface area contributed by atoms with Crippen molar-refractivity contribution in [3.8, 4) is 0 Å². The van der Waals surface area contributed by atoms with Gasteiger partial charge in [0.2, 0.25) is 0 Å². The standard InChI is InChI=1S/C14H21N3O2/c1-18-13-3-7-17(10-12-9-15-5-6-16-12)11-14(13)4-2-8-19-14/h5-6,9,13H,2-4,7-8,10-11H2,1H3/t13-,14-/m0/s1. The van der Waals surface area contributed by atoms with Crippen LogP contribution in [-0.2, 0) is 16.0 Å². The SMILES string of the molecule is CO[C@H]1CCN(Cc2cnccn2)C[C@@]12CCCO2. The fraction of sp³-hybridized carbons (Fsp3) is 0.714. The predicted octanol–water partition coefficient (Wildman–Crippen LogP) is 1.25. The van der Waals surface area contributed by atoms with Gasteiger partial charge in [0.05, 0.1) is 11.8 Å². The molecule has 0 amide bonds. The molecule has 2 aliphatic heterocycles. The quantitative estimate of drug-likeness (QED) is 0.821. The van der Waals surface area contributed by atoms with Crippen LogP contribution in [0.25, 0.3) is 0 Å². The molecule has 0 radical (unpaired) electrons. The van der Waals surface area contributed by atoms with E-state index in [1.54, 1.807) is 19.5 Å². The molecule has 5 heteroatoms. The molecule has 0 saturated carbocycles. The molecule has 0 aliphatic carbocycles. The van der Waals surface area contributed by atoms with Crippen molar-refractivity contribution in [2.24, 2.45) is 0 Å². The van der Waals surface area contributed by atoms with Gasteiger partial charge in [-0.3, -0.25) is 14.9 Å². The number of piperidine rings is 1. The second-order valence-electron chi connectivity index (χ2n) is 5.44. The maximum absolute atomic E-state index is 6.05. The van der Waals surface area contributed by atoms with Crippen LogP contribution in [0.15, 0.2) is 18.6 Å². The molecule has 2 aliphatic rings. The van der Waals surface area contributed by atoms with Crippen LogP contribution >= 0.6 is 0 Å². The Labute approximate surface area is 113 Å². The van der Waals surface area contributed by atoms with Crippen LogP contribution in [-0.4, -0.2) is 53.4 Å². The summed E-state index contributed by atoms with van der Waals surface area (Å²) in [5.41, 5.74) is 0.918. The summed E-state index contributed by atoms with van der Waals surface area (Å²) >= 11 is 0. The third-order valence-corrected chi connectivity index (χ3v) is 4.21. The number of hydrogen-bond acceptors (Lipinski definition) is 5. The summed E-state index contributed by atoms with van der Waals surface area (Å²) in [6.07, 6.45) is 8.79. The molecule has 5 nitrogen and oxygen atoms in total. The number of rotatable bonds is 3. The van der Waals surface area contributed by atoms with Crippen LogP contribution in [0.4, 0.5) is 0 Å². The first-order valence-corrected chi connectivity index (χ1v) is 6.96. The van der Waals surface area contributed by atoms with E-state index in [0.29, 0.717) is 0 Å². The Morgan fingerprint density at radius 2 is 2.47 bits per heavy atom. The molecule has 1 aromatic rings. The molecule has 104 valence electrons. The van der Waals surface area contributed by atoms with Crippen LogP contribution in [0.5, 0.6) is 0 Å². The topological polar surface area (TPSA) is 47.5 Å². The molecule has 3 rings (SSSR count). The van der Waals surface area contributed by atoms with Crippen molar-refractivity contribution in [1.29, 1.82) is 0 Å². The second-order valence-corrected chi connectivity index (χ2v) is 5.44. The lowest BCUT2D eigenvalue weighted by molar-refractivity contribution is -0.145. The molecule has 2 atom stereocenters. The summed E-state index contributed by atoms with van der Waals surface area (Å²) in [6, 6.07) is 0. The lowest BCUT2D eigenvalue weighted by atomic mass is 9.87. The van der Waals surface area contributed by atoms with Gasteiger partial charge in [-0.05, 0) is 19.3 Å². The van der Waals surface area contributed by atoms with E-state index in [2.05, 4.69) is 14.9 Å². The number of aromatic nitrogens is 2. The number of methoxy groups -OCH3 is 1. The molecule has 2 fully saturated rings. The van der Waals surface area contributed by atoms with Crippen molar-refractivity contribution in [2.75, 3.05) is 26.8 Å². The van der Waals surface area contributed by atoms with Gasteiger partial charge in [-0.15, -0.1) is 0 Å². The van der Waals surface area contributed by atoms with Gasteiger partial charge in [0.15, 0.2) is 0 Å². The molecule has 0 unspecified atom stereocenters. The lowest BCUT2D eigenvalue weighted by Gasteiger charge is -2.44. The number of hydrogen-bond donors (Lipinski definition) is 0. The van der Waals surface area contributed by atoms with Crippen molar-refractivity contribution in [3.63, 3.8) is 0 Å². The van der Waals surface area contributed by atoms with Crippen LogP contribution in [0, 0.1) is 0 Å². The van der Waals surface area contributed by atoms with Gasteiger partial charge in [0.1, 0.15) is 5.60 Å². The van der Waals surface area contributed by atoms with E-state index in [0.717, 1.165) is 51.2 Å². The van der Waals surface area contributed by atoms with E-state index in [1.807, 2.05) is 6.20 Å². The normalized spacial score (nSPS) is 31.9. The average molecular weight is 263 g/mol. The van der Waals surface area contributed by atoms with Crippen molar-refractivity contribution >= 4 is 0 Å². The van der Waals surface area contributed by atoms with Gasteiger partial charge in [0, 0.05) is 51.9 Å². The molecular formula is C14H21N3O2. The van der Waals surface area contributed by atoms with Crippen LogP contribution in [0.1, 0.15) is 25.0 Å². The fourth-order valence-corrected chi connectivity index (χ4v) is 3.33. The summed E-state index contributed by atoms with van der Waals surface area (Å²) in [5.74, 6) is 0. The minimum atomic E-state index is -0.102. The number of ether oxygens (including phenoxy) is 2. The van der Waals surface area contributed by atoms with E-state index < -0.39 is 0 Å². The predicted molar refractivity (Wildman–Crippen MR) is 70.6 cm³/mol. The van der Waals surface area contributed by atoms with E-state index in [4.69, 9.17) is 9.47 Å². The highest BCUT2D eigenvalue weighted by Gasteiger charge is 2.47. The average Bonchev–Trinajstić information content (AvgIpc) is 2.89. The fourth-order valence-electron chi connectivity index (χ4n) is 3.33. The molecule has 19 heavy (non-hydrogen) atoms. The molecule has 0 aromatic carbocycles. The number of likely N-dealkylation sites (tertiary alicyclic amines) is 1. The van der Waals surface area contributed by atoms with Crippen molar-refractivity contribution < 1.29 is 9.47 Å². The Bertz CT molecular complexity index is 406. The van der Waals surface area contributed by atoms with E-state index in [-0.39, 0.29) is 11.7 Å². The van der Waals surface area contributed by atoms with Gasteiger partial charge in [-0.2, -0.15) is 0 Å². The Kier molecular flexibility index (Phi) is 3.77. The van der Waals surface area contributed by atoms with Gasteiger partial charge >= 0.3 is 0 Å². The summed E-state index contributed by atoms with van der Waals surface area (Å²) in [7, 11) is 1.80. The minimum Gasteiger partial charge on any atom is -0.378 e. The molecule has 0 N–H and O–H groups in total. The molecule has 0 bridgehead atoms. The Balaban J connectivity index is 1.69. The van der Waals surface area contributed by atoms with E-state index in [9.17, 15) is 0 Å². The van der Waals surface area contributed by atoms with Gasteiger partial charge in [-0.1, -0.05) is 0 Å². The summed E-state index contributed by atoms with van der Waals surface area (Å²) in [4.78, 5) is 10.9. The maximum Gasteiger partial charge on any atom is 0.107 e. The Morgan fingerprint density at radius 3 is 3.16 bits per heavy atom. The first-order valence-electron chi connectivity index (χ1n) is 6.96. The Hall–Kier alpha value is -1.04. The molecule has 3 heterocycles. The van der Waals surface area contributed by atoms with Crippen molar-refractivity contribution in [2.45, 2.75) is 37.5 Å². The molecule has 2 saturated heterocycles. The van der Waals surface area contributed by atoms with E-state index >= 15 is 0 Å². The highest BCUT2D eigenvalue weighted by Crippen LogP contribution is 2.36. The monoisotopic (exact) mass is 263 g/mol. The highest BCUT2D eigenvalue weighted by molar-refractivity contribution is 5.02. The first kappa shape index (κ1) is 13.0. The van der Waals surface area contributed by atoms with Crippen LogP contribution < -0.4 is 0 Å². The summed E-state index contributed by atoms with van der Waals surface area (Å²) in [6.45, 7) is 3.66. The van der Waals surface area contributed by atoms with Crippen molar-refractivity contribution in [3.05, 3.63) is 24.3 Å².